The molecule has 0 radical (unpaired) electrons. The molecule has 2 rings (SSSR count). The second-order valence-electron chi connectivity index (χ2n) is 4.68. The van der Waals surface area contributed by atoms with Crippen LogP contribution in [0.1, 0.15) is 18.4 Å². The van der Waals surface area contributed by atoms with Crippen molar-refractivity contribution in [2.75, 3.05) is 20.2 Å². The molecule has 4 heteroatoms. The highest BCUT2D eigenvalue weighted by molar-refractivity contribution is 6.31. The minimum Gasteiger partial charge on any atom is -0.376 e. The molecule has 1 aromatic carbocycles. The van der Waals surface area contributed by atoms with E-state index in [1.807, 2.05) is 31.3 Å². The van der Waals surface area contributed by atoms with Gasteiger partial charge in [-0.2, -0.15) is 0 Å². The van der Waals surface area contributed by atoms with Crippen LogP contribution in [0.3, 0.4) is 0 Å². The average molecular weight is 268 g/mol. The summed E-state index contributed by atoms with van der Waals surface area (Å²) in [6, 6.07) is 7.46. The van der Waals surface area contributed by atoms with Crippen LogP contribution in [0.5, 0.6) is 0 Å². The molecule has 1 heterocycles. The molecule has 0 saturated carbocycles. The summed E-state index contributed by atoms with van der Waals surface area (Å²) in [5.41, 5.74) is 0.878. The van der Waals surface area contributed by atoms with Crippen LogP contribution in [0.2, 0.25) is 5.02 Å². The number of nitrogens with zero attached hydrogens (tertiary/aromatic N) is 1. The van der Waals surface area contributed by atoms with Crippen LogP contribution >= 0.6 is 11.6 Å². The van der Waals surface area contributed by atoms with E-state index in [2.05, 4.69) is 0 Å². The van der Waals surface area contributed by atoms with Gasteiger partial charge in [0.05, 0.1) is 12.5 Å². The Kier molecular flexibility index (Phi) is 4.61. The van der Waals surface area contributed by atoms with E-state index in [1.165, 1.54) is 0 Å². The smallest absolute Gasteiger partial charge is 0.226 e. The quantitative estimate of drug-likeness (QED) is 0.839. The Labute approximate surface area is 113 Å². The summed E-state index contributed by atoms with van der Waals surface area (Å²) in [7, 11) is 1.82. The Bertz CT molecular complexity index is 416. The molecule has 1 aromatic rings. The normalized spacial score (nSPS) is 18.9. The SMILES string of the molecule is CN(CC1CCCO1)C(=O)Cc1ccccc1Cl. The molecule has 0 spiro atoms. The number of benzene rings is 1. The van der Waals surface area contributed by atoms with Crippen molar-refractivity contribution in [1.82, 2.24) is 4.90 Å². The molecule has 18 heavy (non-hydrogen) atoms. The highest BCUT2D eigenvalue weighted by Crippen LogP contribution is 2.17. The Balaban J connectivity index is 1.89. The monoisotopic (exact) mass is 267 g/mol. The van der Waals surface area contributed by atoms with Crippen molar-refractivity contribution < 1.29 is 9.53 Å². The average Bonchev–Trinajstić information content (AvgIpc) is 2.84. The minimum atomic E-state index is 0.0820. The van der Waals surface area contributed by atoms with Crippen molar-refractivity contribution in [3.8, 4) is 0 Å². The zero-order chi connectivity index (χ0) is 13.0. The van der Waals surface area contributed by atoms with Gasteiger partial charge in [-0.05, 0) is 24.5 Å². The Morgan fingerprint density at radius 2 is 2.28 bits per heavy atom. The van der Waals surface area contributed by atoms with E-state index in [9.17, 15) is 4.79 Å². The molecule has 1 atom stereocenters. The van der Waals surface area contributed by atoms with Gasteiger partial charge in [-0.3, -0.25) is 4.79 Å². The molecule has 0 aromatic heterocycles. The molecule has 1 amide bonds. The van der Waals surface area contributed by atoms with Crippen molar-refractivity contribution in [3.05, 3.63) is 34.9 Å². The van der Waals surface area contributed by atoms with E-state index >= 15 is 0 Å². The predicted molar refractivity (Wildman–Crippen MR) is 71.8 cm³/mol. The number of halogens is 1. The first-order valence-electron chi connectivity index (χ1n) is 6.26. The second kappa shape index (κ2) is 6.21. The van der Waals surface area contributed by atoms with Crippen LogP contribution in [-0.4, -0.2) is 37.1 Å². The first kappa shape index (κ1) is 13.4. The summed E-state index contributed by atoms with van der Waals surface area (Å²) in [5, 5.41) is 0.649. The van der Waals surface area contributed by atoms with Gasteiger partial charge in [0.2, 0.25) is 5.91 Å². The highest BCUT2D eigenvalue weighted by atomic mass is 35.5. The molecule has 1 aliphatic rings. The largest absolute Gasteiger partial charge is 0.376 e. The van der Waals surface area contributed by atoms with Gasteiger partial charge in [0.25, 0.3) is 0 Å². The third-order valence-corrected chi connectivity index (χ3v) is 3.60. The molecule has 1 saturated heterocycles. The summed E-state index contributed by atoms with van der Waals surface area (Å²) >= 11 is 6.05. The maximum atomic E-state index is 12.1. The summed E-state index contributed by atoms with van der Waals surface area (Å²) in [6.45, 7) is 1.49. The first-order valence-corrected chi connectivity index (χ1v) is 6.63. The number of carbonyl (C=O) groups is 1. The minimum absolute atomic E-state index is 0.0820. The maximum Gasteiger partial charge on any atom is 0.226 e. The number of hydrogen-bond acceptors (Lipinski definition) is 2. The van der Waals surface area contributed by atoms with Crippen LogP contribution in [0.4, 0.5) is 0 Å². The van der Waals surface area contributed by atoms with E-state index in [4.69, 9.17) is 16.3 Å². The van der Waals surface area contributed by atoms with Crippen LogP contribution in [0.25, 0.3) is 0 Å². The summed E-state index contributed by atoms with van der Waals surface area (Å²) in [5.74, 6) is 0.0820. The van der Waals surface area contributed by atoms with Gasteiger partial charge in [0.15, 0.2) is 0 Å². The fourth-order valence-corrected chi connectivity index (χ4v) is 2.34. The van der Waals surface area contributed by atoms with Crippen LogP contribution in [0.15, 0.2) is 24.3 Å². The van der Waals surface area contributed by atoms with E-state index in [-0.39, 0.29) is 12.0 Å². The molecule has 98 valence electrons. The van der Waals surface area contributed by atoms with Crippen molar-refractivity contribution in [3.63, 3.8) is 0 Å². The third kappa shape index (κ3) is 3.47. The lowest BCUT2D eigenvalue weighted by Gasteiger charge is -2.21. The topological polar surface area (TPSA) is 29.5 Å². The van der Waals surface area contributed by atoms with Crippen molar-refractivity contribution in [2.24, 2.45) is 0 Å². The molecule has 1 fully saturated rings. The zero-order valence-corrected chi connectivity index (χ0v) is 11.3. The van der Waals surface area contributed by atoms with Crippen LogP contribution in [-0.2, 0) is 16.0 Å². The van der Waals surface area contributed by atoms with Crippen molar-refractivity contribution >= 4 is 17.5 Å². The number of ether oxygens (including phenoxy) is 1. The van der Waals surface area contributed by atoms with Crippen LogP contribution < -0.4 is 0 Å². The number of likely N-dealkylation sites (N-methyl/N-ethyl adjacent to an activating group) is 1. The lowest BCUT2D eigenvalue weighted by Crippen LogP contribution is -2.35. The van der Waals surface area contributed by atoms with Crippen LogP contribution in [0, 0.1) is 0 Å². The molecule has 0 aliphatic carbocycles. The number of rotatable bonds is 4. The second-order valence-corrected chi connectivity index (χ2v) is 5.08. The fraction of sp³-hybridized carbons (Fsp3) is 0.500. The van der Waals surface area contributed by atoms with E-state index < -0.39 is 0 Å². The standard InChI is InChI=1S/C14H18ClNO2/c1-16(10-12-6-4-8-18-12)14(17)9-11-5-2-3-7-13(11)15/h2-3,5,7,12H,4,6,8-10H2,1H3. The molecular formula is C14H18ClNO2. The van der Waals surface area contributed by atoms with Gasteiger partial charge >= 0.3 is 0 Å². The predicted octanol–water partition coefficient (Wildman–Crippen LogP) is 2.52. The number of hydrogen-bond donors (Lipinski definition) is 0. The number of amides is 1. The van der Waals surface area contributed by atoms with Gasteiger partial charge < -0.3 is 9.64 Å². The number of carbonyl (C=O) groups excluding carboxylic acids is 1. The summed E-state index contributed by atoms with van der Waals surface area (Å²) in [6.07, 6.45) is 2.69. The Morgan fingerprint density at radius 1 is 1.50 bits per heavy atom. The third-order valence-electron chi connectivity index (χ3n) is 3.23. The molecule has 1 unspecified atom stereocenters. The molecule has 1 aliphatic heterocycles. The van der Waals surface area contributed by atoms with Crippen molar-refractivity contribution in [2.45, 2.75) is 25.4 Å². The maximum absolute atomic E-state index is 12.1. The zero-order valence-electron chi connectivity index (χ0n) is 10.6. The fourth-order valence-electron chi connectivity index (χ4n) is 2.14. The van der Waals surface area contributed by atoms with Gasteiger partial charge in [0.1, 0.15) is 0 Å². The summed E-state index contributed by atoms with van der Waals surface area (Å²) in [4.78, 5) is 13.8. The van der Waals surface area contributed by atoms with Crippen molar-refractivity contribution in [1.29, 1.82) is 0 Å². The van der Waals surface area contributed by atoms with Gasteiger partial charge in [-0.1, -0.05) is 29.8 Å². The Hall–Kier alpha value is -1.06. The van der Waals surface area contributed by atoms with E-state index in [0.29, 0.717) is 18.0 Å². The molecule has 3 nitrogen and oxygen atoms in total. The summed E-state index contributed by atoms with van der Waals surface area (Å²) < 4.78 is 5.53. The van der Waals surface area contributed by atoms with E-state index in [0.717, 1.165) is 25.0 Å². The van der Waals surface area contributed by atoms with Gasteiger partial charge in [-0.15, -0.1) is 0 Å². The Morgan fingerprint density at radius 3 is 2.94 bits per heavy atom. The highest BCUT2D eigenvalue weighted by Gasteiger charge is 2.20. The lowest BCUT2D eigenvalue weighted by molar-refractivity contribution is -0.130. The van der Waals surface area contributed by atoms with Gasteiger partial charge in [0, 0.05) is 25.2 Å². The first-order chi connectivity index (χ1) is 8.66. The molecular weight excluding hydrogens is 250 g/mol. The molecule has 0 N–H and O–H groups in total. The molecule has 0 bridgehead atoms. The lowest BCUT2D eigenvalue weighted by atomic mass is 10.1. The van der Waals surface area contributed by atoms with E-state index in [1.54, 1.807) is 4.90 Å². The van der Waals surface area contributed by atoms with Gasteiger partial charge in [-0.25, -0.2) is 0 Å².